The number of esters is 1. The Bertz CT molecular complexity index is 339. The first kappa shape index (κ1) is 10.2. The smallest absolute Gasteiger partial charge is 0.337 e. The number of carbonyl (C=O) groups is 1. The molecule has 0 aliphatic carbocycles. The third-order valence-corrected chi connectivity index (χ3v) is 2.70. The molecule has 0 spiro atoms. The number of nitrogens with zero attached hydrogens (tertiary/aromatic N) is 1. The van der Waals surface area contributed by atoms with E-state index in [1.807, 2.05) is 12.1 Å². The van der Waals surface area contributed by atoms with Crippen molar-refractivity contribution in [3.8, 4) is 0 Å². The summed E-state index contributed by atoms with van der Waals surface area (Å²) in [5.41, 5.74) is 1.79. The molecule has 0 aromatic heterocycles. The standard InChI is InChI=1S/C12H14NO2/c1-15-12(14)10-6-4-9(5-7-10)11-3-2-8-13-11/h4-7,11H,2-3,8H2,1H3. The monoisotopic (exact) mass is 204 g/mol. The summed E-state index contributed by atoms with van der Waals surface area (Å²) >= 11 is 0. The molecule has 79 valence electrons. The fourth-order valence-electron chi connectivity index (χ4n) is 1.85. The van der Waals surface area contributed by atoms with E-state index in [4.69, 9.17) is 0 Å². The molecular formula is C12H14NO2. The van der Waals surface area contributed by atoms with Crippen molar-refractivity contribution in [3.05, 3.63) is 35.4 Å². The molecule has 2 rings (SSSR count). The lowest BCUT2D eigenvalue weighted by molar-refractivity contribution is 0.0600. The van der Waals surface area contributed by atoms with Gasteiger partial charge in [0.2, 0.25) is 0 Å². The summed E-state index contributed by atoms with van der Waals surface area (Å²) in [6.07, 6.45) is 2.29. The minimum Gasteiger partial charge on any atom is -0.465 e. The van der Waals surface area contributed by atoms with Gasteiger partial charge in [0.25, 0.3) is 0 Å². The minimum atomic E-state index is -0.287. The summed E-state index contributed by atoms with van der Waals surface area (Å²) < 4.78 is 4.64. The summed E-state index contributed by atoms with van der Waals surface area (Å²) in [5.74, 6) is -0.287. The lowest BCUT2D eigenvalue weighted by Gasteiger charge is -2.09. The van der Waals surface area contributed by atoms with Crippen molar-refractivity contribution < 1.29 is 9.53 Å². The van der Waals surface area contributed by atoms with Crippen LogP contribution in [0.3, 0.4) is 0 Å². The highest BCUT2D eigenvalue weighted by Gasteiger charge is 2.17. The Morgan fingerprint density at radius 3 is 2.67 bits per heavy atom. The van der Waals surface area contributed by atoms with Gasteiger partial charge in [0, 0.05) is 12.6 Å². The first-order valence-electron chi connectivity index (χ1n) is 5.16. The van der Waals surface area contributed by atoms with Gasteiger partial charge < -0.3 is 4.74 Å². The normalized spacial score (nSPS) is 20.2. The van der Waals surface area contributed by atoms with Crippen LogP contribution >= 0.6 is 0 Å². The van der Waals surface area contributed by atoms with E-state index in [0.29, 0.717) is 11.6 Å². The van der Waals surface area contributed by atoms with Crippen molar-refractivity contribution in [2.24, 2.45) is 0 Å². The molecule has 3 heteroatoms. The Morgan fingerprint density at radius 2 is 2.13 bits per heavy atom. The second-order valence-corrected chi connectivity index (χ2v) is 3.68. The maximum atomic E-state index is 11.2. The molecule has 1 saturated heterocycles. The van der Waals surface area contributed by atoms with Gasteiger partial charge in [-0.05, 0) is 30.5 Å². The van der Waals surface area contributed by atoms with Gasteiger partial charge in [0.1, 0.15) is 0 Å². The van der Waals surface area contributed by atoms with E-state index in [2.05, 4.69) is 10.1 Å². The number of carbonyl (C=O) groups excluding carboxylic acids is 1. The number of hydrogen-bond acceptors (Lipinski definition) is 2. The van der Waals surface area contributed by atoms with Crippen molar-refractivity contribution in [3.63, 3.8) is 0 Å². The molecule has 0 amide bonds. The molecule has 1 heterocycles. The van der Waals surface area contributed by atoms with Crippen LogP contribution in [0.25, 0.3) is 0 Å². The van der Waals surface area contributed by atoms with Crippen molar-refractivity contribution in [2.45, 2.75) is 18.9 Å². The van der Waals surface area contributed by atoms with Gasteiger partial charge in [-0.1, -0.05) is 12.1 Å². The van der Waals surface area contributed by atoms with Crippen LogP contribution in [0.2, 0.25) is 0 Å². The number of benzene rings is 1. The highest BCUT2D eigenvalue weighted by Crippen LogP contribution is 2.24. The van der Waals surface area contributed by atoms with Crippen LogP contribution in [-0.2, 0) is 4.74 Å². The van der Waals surface area contributed by atoms with Gasteiger partial charge in [-0.15, -0.1) is 0 Å². The quantitative estimate of drug-likeness (QED) is 0.690. The lowest BCUT2D eigenvalue weighted by Crippen LogP contribution is -2.06. The van der Waals surface area contributed by atoms with E-state index in [1.165, 1.54) is 19.1 Å². The van der Waals surface area contributed by atoms with Gasteiger partial charge >= 0.3 is 5.97 Å². The van der Waals surface area contributed by atoms with Gasteiger partial charge in [-0.25, -0.2) is 10.1 Å². The first-order valence-corrected chi connectivity index (χ1v) is 5.16. The average Bonchev–Trinajstić information content (AvgIpc) is 2.82. The van der Waals surface area contributed by atoms with Crippen LogP contribution in [0.5, 0.6) is 0 Å². The van der Waals surface area contributed by atoms with E-state index in [9.17, 15) is 4.79 Å². The molecule has 1 aliphatic heterocycles. The van der Waals surface area contributed by atoms with Crippen LogP contribution < -0.4 is 5.32 Å². The SMILES string of the molecule is COC(=O)c1ccc(C2CCC[N]2)cc1. The Morgan fingerprint density at radius 1 is 1.40 bits per heavy atom. The second-order valence-electron chi connectivity index (χ2n) is 3.68. The molecule has 1 aromatic rings. The van der Waals surface area contributed by atoms with Crippen LogP contribution in [0, 0.1) is 0 Å². The van der Waals surface area contributed by atoms with Crippen LogP contribution in [0.4, 0.5) is 0 Å². The Kier molecular flexibility index (Phi) is 3.02. The first-order chi connectivity index (χ1) is 7.31. The molecule has 15 heavy (non-hydrogen) atoms. The largest absolute Gasteiger partial charge is 0.465 e. The number of hydrogen-bond donors (Lipinski definition) is 0. The highest BCUT2D eigenvalue weighted by atomic mass is 16.5. The Labute approximate surface area is 89.4 Å². The van der Waals surface area contributed by atoms with Gasteiger partial charge in [-0.2, -0.15) is 0 Å². The third kappa shape index (κ3) is 2.18. The summed E-state index contributed by atoms with van der Waals surface area (Å²) in [5, 5.41) is 4.48. The van der Waals surface area contributed by atoms with Gasteiger partial charge in [0.05, 0.1) is 12.7 Å². The summed E-state index contributed by atoms with van der Waals surface area (Å²) in [6, 6.07) is 7.86. The molecule has 3 nitrogen and oxygen atoms in total. The van der Waals surface area contributed by atoms with Crippen molar-refractivity contribution in [1.82, 2.24) is 5.32 Å². The highest BCUT2D eigenvalue weighted by molar-refractivity contribution is 5.89. The van der Waals surface area contributed by atoms with Crippen molar-refractivity contribution in [2.75, 3.05) is 13.7 Å². The predicted molar refractivity (Wildman–Crippen MR) is 56.8 cm³/mol. The van der Waals surface area contributed by atoms with Crippen LogP contribution in [-0.4, -0.2) is 19.6 Å². The van der Waals surface area contributed by atoms with Crippen molar-refractivity contribution in [1.29, 1.82) is 0 Å². The fraction of sp³-hybridized carbons (Fsp3) is 0.417. The Balaban J connectivity index is 2.12. The van der Waals surface area contributed by atoms with E-state index >= 15 is 0 Å². The maximum absolute atomic E-state index is 11.2. The Hall–Kier alpha value is -1.35. The average molecular weight is 204 g/mol. The summed E-state index contributed by atoms with van der Waals surface area (Å²) in [6.45, 7) is 0.962. The molecule has 1 radical (unpaired) electrons. The summed E-state index contributed by atoms with van der Waals surface area (Å²) in [7, 11) is 1.39. The molecule has 0 bridgehead atoms. The molecule has 1 atom stereocenters. The van der Waals surface area contributed by atoms with Crippen molar-refractivity contribution >= 4 is 5.97 Å². The molecule has 1 aliphatic rings. The number of methoxy groups -OCH3 is 1. The lowest BCUT2D eigenvalue weighted by atomic mass is 10.0. The van der Waals surface area contributed by atoms with E-state index in [1.54, 1.807) is 12.1 Å². The molecule has 1 fully saturated rings. The molecular weight excluding hydrogens is 190 g/mol. The van der Waals surface area contributed by atoms with Gasteiger partial charge in [0.15, 0.2) is 0 Å². The zero-order chi connectivity index (χ0) is 10.7. The summed E-state index contributed by atoms with van der Waals surface area (Å²) in [4.78, 5) is 11.2. The predicted octanol–water partition coefficient (Wildman–Crippen LogP) is 1.91. The van der Waals surface area contributed by atoms with Gasteiger partial charge in [-0.3, -0.25) is 0 Å². The third-order valence-electron chi connectivity index (χ3n) is 2.70. The van der Waals surface area contributed by atoms with E-state index < -0.39 is 0 Å². The van der Waals surface area contributed by atoms with E-state index in [-0.39, 0.29) is 5.97 Å². The number of ether oxygens (including phenoxy) is 1. The van der Waals surface area contributed by atoms with Crippen LogP contribution in [0.15, 0.2) is 24.3 Å². The zero-order valence-corrected chi connectivity index (χ0v) is 8.77. The zero-order valence-electron chi connectivity index (χ0n) is 8.77. The topological polar surface area (TPSA) is 40.4 Å². The maximum Gasteiger partial charge on any atom is 0.337 e. The molecule has 1 aromatic carbocycles. The molecule has 0 N–H and O–H groups in total. The van der Waals surface area contributed by atoms with Crippen LogP contribution in [0.1, 0.15) is 34.8 Å². The second kappa shape index (κ2) is 4.45. The molecule has 0 saturated carbocycles. The molecule has 1 unspecified atom stereocenters. The minimum absolute atomic E-state index is 0.287. The number of rotatable bonds is 2. The fourth-order valence-corrected chi connectivity index (χ4v) is 1.85. The van der Waals surface area contributed by atoms with E-state index in [0.717, 1.165) is 13.0 Å².